The Hall–Kier alpha value is -3.08. The van der Waals surface area contributed by atoms with Crippen LogP contribution in [-0.4, -0.2) is 34.8 Å². The van der Waals surface area contributed by atoms with E-state index in [4.69, 9.17) is 4.74 Å². The summed E-state index contributed by atoms with van der Waals surface area (Å²) in [6.07, 6.45) is 4.97. The number of carbonyl (C=O) groups is 2. The number of nitrogens with zero attached hydrogens (tertiary/aromatic N) is 1. The summed E-state index contributed by atoms with van der Waals surface area (Å²) in [5, 5.41) is 11.6. The fraction of sp³-hybridized carbons (Fsp3) is 0.448. The van der Waals surface area contributed by atoms with E-state index in [0.29, 0.717) is 11.3 Å². The fourth-order valence-electron chi connectivity index (χ4n) is 5.19. The number of ketones is 1. The number of hydrogen-bond donors (Lipinski definition) is 1. The molecule has 5 heteroatoms. The minimum Gasteiger partial charge on any atom is -0.507 e. The van der Waals surface area contributed by atoms with Crippen molar-refractivity contribution < 1.29 is 19.4 Å². The molecule has 1 saturated heterocycles. The van der Waals surface area contributed by atoms with Crippen LogP contribution in [0, 0.1) is 6.92 Å². The highest BCUT2D eigenvalue weighted by Crippen LogP contribution is 2.44. The van der Waals surface area contributed by atoms with Crippen LogP contribution in [0.25, 0.3) is 5.76 Å². The molecule has 1 amide bonds. The van der Waals surface area contributed by atoms with Crippen LogP contribution < -0.4 is 4.74 Å². The molecule has 2 fully saturated rings. The van der Waals surface area contributed by atoms with Gasteiger partial charge in [-0.1, -0.05) is 64.3 Å². The molecule has 180 valence electrons. The first-order chi connectivity index (χ1) is 16.1. The van der Waals surface area contributed by atoms with Gasteiger partial charge < -0.3 is 14.7 Å². The molecule has 1 N–H and O–H groups in total. The molecule has 1 saturated carbocycles. The third kappa shape index (κ3) is 4.36. The summed E-state index contributed by atoms with van der Waals surface area (Å²) in [6, 6.07) is 12.8. The highest BCUT2D eigenvalue weighted by atomic mass is 16.5. The quantitative estimate of drug-likeness (QED) is 0.342. The van der Waals surface area contributed by atoms with E-state index in [1.807, 2.05) is 49.4 Å². The van der Waals surface area contributed by atoms with Crippen LogP contribution in [0.4, 0.5) is 0 Å². The van der Waals surface area contributed by atoms with Gasteiger partial charge in [0.15, 0.2) is 0 Å². The number of benzene rings is 2. The summed E-state index contributed by atoms with van der Waals surface area (Å²) in [7, 11) is 1.61. The molecule has 1 aliphatic carbocycles. The third-order valence-electron chi connectivity index (χ3n) is 7.24. The van der Waals surface area contributed by atoms with Crippen molar-refractivity contribution in [2.75, 3.05) is 7.11 Å². The van der Waals surface area contributed by atoms with Gasteiger partial charge in [0.05, 0.1) is 18.7 Å². The van der Waals surface area contributed by atoms with Gasteiger partial charge in [0.1, 0.15) is 11.5 Å². The summed E-state index contributed by atoms with van der Waals surface area (Å²) in [5.41, 5.74) is 3.39. The first kappa shape index (κ1) is 24.1. The van der Waals surface area contributed by atoms with Crippen molar-refractivity contribution in [1.82, 2.24) is 4.90 Å². The molecule has 0 aromatic heterocycles. The minimum atomic E-state index is -0.619. The highest BCUT2D eigenvalue weighted by Gasteiger charge is 2.49. The molecule has 5 nitrogen and oxygen atoms in total. The molecule has 1 heterocycles. The molecule has 0 spiro atoms. The zero-order valence-corrected chi connectivity index (χ0v) is 20.9. The van der Waals surface area contributed by atoms with Gasteiger partial charge in [0, 0.05) is 11.6 Å². The molecular formula is C29H35NO4. The van der Waals surface area contributed by atoms with E-state index in [0.717, 1.165) is 48.8 Å². The predicted molar refractivity (Wildman–Crippen MR) is 134 cm³/mol. The van der Waals surface area contributed by atoms with Crippen molar-refractivity contribution in [3.8, 4) is 5.75 Å². The van der Waals surface area contributed by atoms with Gasteiger partial charge in [0.25, 0.3) is 11.7 Å². The predicted octanol–water partition coefficient (Wildman–Crippen LogP) is 6.06. The van der Waals surface area contributed by atoms with Crippen molar-refractivity contribution in [3.05, 3.63) is 70.3 Å². The molecule has 1 unspecified atom stereocenters. The Balaban J connectivity index is 1.90. The fourth-order valence-corrected chi connectivity index (χ4v) is 5.19. The first-order valence-electron chi connectivity index (χ1n) is 12.2. The van der Waals surface area contributed by atoms with E-state index < -0.39 is 17.7 Å². The molecule has 2 aromatic rings. The Bertz CT molecular complexity index is 1120. The van der Waals surface area contributed by atoms with Gasteiger partial charge in [-0.2, -0.15) is 0 Å². The summed E-state index contributed by atoms with van der Waals surface area (Å²) in [6.45, 7) is 8.25. The van der Waals surface area contributed by atoms with Crippen LogP contribution in [0.1, 0.15) is 81.2 Å². The average molecular weight is 462 g/mol. The number of methoxy groups -OCH3 is 1. The number of ether oxygens (including phenoxy) is 1. The molecule has 2 aliphatic rings. The maximum Gasteiger partial charge on any atom is 0.295 e. The zero-order valence-electron chi connectivity index (χ0n) is 20.9. The summed E-state index contributed by atoms with van der Waals surface area (Å²) < 4.78 is 5.31. The molecule has 1 aliphatic heterocycles. The van der Waals surface area contributed by atoms with Crippen LogP contribution in [0.15, 0.2) is 48.0 Å². The molecule has 2 aromatic carbocycles. The number of carbonyl (C=O) groups excluding carboxylic acids is 2. The minimum absolute atomic E-state index is 0.00962. The molecule has 34 heavy (non-hydrogen) atoms. The Morgan fingerprint density at radius 2 is 1.65 bits per heavy atom. The van der Waals surface area contributed by atoms with E-state index in [1.54, 1.807) is 12.0 Å². The number of aliphatic hydroxyl groups is 1. The van der Waals surface area contributed by atoms with E-state index in [9.17, 15) is 14.7 Å². The number of Topliss-reactive ketones (excluding diaryl/α,β-unsaturated/α-hetero) is 1. The van der Waals surface area contributed by atoms with E-state index in [2.05, 4.69) is 20.8 Å². The van der Waals surface area contributed by atoms with Crippen LogP contribution in [0.3, 0.4) is 0 Å². The Kier molecular flexibility index (Phi) is 6.57. The molecule has 1 atom stereocenters. The van der Waals surface area contributed by atoms with Crippen LogP contribution >= 0.6 is 0 Å². The molecule has 4 rings (SSSR count). The number of hydrogen-bond acceptors (Lipinski definition) is 4. The second-order valence-electron chi connectivity index (χ2n) is 10.6. The van der Waals surface area contributed by atoms with Crippen molar-refractivity contribution in [3.63, 3.8) is 0 Å². The second-order valence-corrected chi connectivity index (χ2v) is 10.6. The van der Waals surface area contributed by atoms with Crippen molar-refractivity contribution in [2.24, 2.45) is 0 Å². The van der Waals surface area contributed by atoms with Gasteiger partial charge in [0.2, 0.25) is 0 Å². The summed E-state index contributed by atoms with van der Waals surface area (Å²) in [4.78, 5) is 28.5. The lowest BCUT2D eigenvalue weighted by atomic mass is 9.84. The molecular weight excluding hydrogens is 426 g/mol. The third-order valence-corrected chi connectivity index (χ3v) is 7.24. The smallest absolute Gasteiger partial charge is 0.295 e. The summed E-state index contributed by atoms with van der Waals surface area (Å²) >= 11 is 0. The van der Waals surface area contributed by atoms with E-state index in [-0.39, 0.29) is 22.8 Å². The molecule has 0 bridgehead atoms. The summed E-state index contributed by atoms with van der Waals surface area (Å²) in [5.74, 6) is -0.517. The lowest BCUT2D eigenvalue weighted by Gasteiger charge is -2.35. The number of amides is 1. The normalized spacial score (nSPS) is 21.2. The lowest BCUT2D eigenvalue weighted by Crippen LogP contribution is -2.40. The number of aliphatic hydroxyl groups excluding tert-OH is 1. The highest BCUT2D eigenvalue weighted by molar-refractivity contribution is 6.46. The molecule has 0 radical (unpaired) electrons. The maximum atomic E-state index is 13.4. The van der Waals surface area contributed by atoms with Gasteiger partial charge in [-0.3, -0.25) is 9.59 Å². The Labute approximate surface area is 202 Å². The van der Waals surface area contributed by atoms with Gasteiger partial charge in [-0.05, 0) is 60.1 Å². The monoisotopic (exact) mass is 461 g/mol. The van der Waals surface area contributed by atoms with Crippen molar-refractivity contribution in [2.45, 2.75) is 77.3 Å². The second kappa shape index (κ2) is 9.28. The first-order valence-corrected chi connectivity index (χ1v) is 12.2. The van der Waals surface area contributed by atoms with E-state index >= 15 is 0 Å². The van der Waals surface area contributed by atoms with Crippen LogP contribution in [0.5, 0.6) is 5.75 Å². The number of rotatable bonds is 4. The average Bonchev–Trinajstić information content (AvgIpc) is 3.09. The largest absolute Gasteiger partial charge is 0.507 e. The lowest BCUT2D eigenvalue weighted by molar-refractivity contribution is -0.141. The standard InChI is InChI=1S/C29H35NO4/c1-18-11-14-20(29(2,3)4)17-23(18)26(31)24-25(19-12-15-22(34-5)16-13-19)30(28(33)27(24)32)21-9-7-6-8-10-21/h11-17,21,25,31H,6-10H2,1-5H3/b26-24+. The van der Waals surface area contributed by atoms with Crippen LogP contribution in [-0.2, 0) is 15.0 Å². The number of likely N-dealkylation sites (tertiary alicyclic amines) is 1. The van der Waals surface area contributed by atoms with Gasteiger partial charge in [-0.15, -0.1) is 0 Å². The Morgan fingerprint density at radius 3 is 2.24 bits per heavy atom. The maximum absolute atomic E-state index is 13.4. The van der Waals surface area contributed by atoms with Gasteiger partial charge in [-0.25, -0.2) is 0 Å². The van der Waals surface area contributed by atoms with Crippen molar-refractivity contribution >= 4 is 17.4 Å². The van der Waals surface area contributed by atoms with Crippen molar-refractivity contribution in [1.29, 1.82) is 0 Å². The zero-order chi connectivity index (χ0) is 24.6. The topological polar surface area (TPSA) is 66.8 Å². The SMILES string of the molecule is COc1ccc(C2/C(=C(\O)c3cc(C(C)(C)C)ccc3C)C(=O)C(=O)N2C2CCCCC2)cc1. The Morgan fingerprint density at radius 1 is 1.00 bits per heavy atom. The number of aryl methyl sites for hydroxylation is 1. The van der Waals surface area contributed by atoms with E-state index in [1.165, 1.54) is 0 Å². The van der Waals surface area contributed by atoms with Crippen LogP contribution in [0.2, 0.25) is 0 Å². The van der Waals surface area contributed by atoms with Gasteiger partial charge >= 0.3 is 0 Å².